The average molecular weight is 373 g/mol. The van der Waals surface area contributed by atoms with Crippen LogP contribution in [-0.2, 0) is 9.53 Å². The molecule has 0 saturated carbocycles. The molecule has 1 heterocycles. The number of hydrogen-bond acceptors (Lipinski definition) is 4. The maximum atomic E-state index is 13.0. The van der Waals surface area contributed by atoms with Gasteiger partial charge in [-0.2, -0.15) is 0 Å². The molecule has 1 amide bonds. The second-order valence-corrected chi connectivity index (χ2v) is 7.50. The topological polar surface area (TPSA) is 60.5 Å². The number of rotatable bonds is 10. The number of anilines is 1. The minimum absolute atomic E-state index is 0.126. The minimum Gasteiger partial charge on any atom is -0.491 e. The summed E-state index contributed by atoms with van der Waals surface area (Å²) in [5.41, 5.74) is 0.636. The lowest BCUT2D eigenvalue weighted by atomic mass is 9.98. The van der Waals surface area contributed by atoms with E-state index in [2.05, 4.69) is 31.1 Å². The van der Waals surface area contributed by atoms with Crippen LogP contribution in [0.3, 0.4) is 0 Å². The van der Waals surface area contributed by atoms with Crippen LogP contribution in [0.15, 0.2) is 30.5 Å². The number of hydrogen-bond donors (Lipinski definition) is 1. The van der Waals surface area contributed by atoms with Crippen molar-refractivity contribution in [3.63, 3.8) is 0 Å². The first-order chi connectivity index (χ1) is 12.9. The average Bonchev–Trinajstić information content (AvgIpc) is 2.65. The fourth-order valence-corrected chi connectivity index (χ4v) is 2.94. The van der Waals surface area contributed by atoms with Gasteiger partial charge in [-0.25, -0.2) is 0 Å². The summed E-state index contributed by atoms with van der Waals surface area (Å²) in [4.78, 5) is 17.5. The molecule has 1 N–H and O–H groups in total. The van der Waals surface area contributed by atoms with Gasteiger partial charge in [0.15, 0.2) is 0 Å². The molecule has 1 atom stereocenters. The number of carbonyl (C=O) groups excluding carboxylic acids is 1. The molecule has 5 heteroatoms. The molecule has 2 aromatic rings. The lowest BCUT2D eigenvalue weighted by Gasteiger charge is -2.28. The first-order valence-corrected chi connectivity index (χ1v) is 9.87. The number of nitrogens with one attached hydrogen (secondary N) is 1. The van der Waals surface area contributed by atoms with Crippen molar-refractivity contribution in [3.8, 4) is 5.75 Å². The smallest absolute Gasteiger partial charge is 0.256 e. The molecule has 0 aliphatic carbocycles. The van der Waals surface area contributed by atoms with Gasteiger partial charge >= 0.3 is 0 Å². The maximum absolute atomic E-state index is 13.0. The maximum Gasteiger partial charge on any atom is 0.256 e. The number of ether oxygens (including phenoxy) is 2. The lowest BCUT2D eigenvalue weighted by molar-refractivity contribution is -0.140. The Morgan fingerprint density at radius 2 is 2.00 bits per heavy atom. The molecule has 0 bridgehead atoms. The summed E-state index contributed by atoms with van der Waals surface area (Å²) < 4.78 is 11.8. The van der Waals surface area contributed by atoms with Gasteiger partial charge < -0.3 is 14.8 Å². The molecule has 0 aliphatic rings. The molecule has 2 rings (SSSR count). The predicted molar refractivity (Wildman–Crippen MR) is 110 cm³/mol. The standard InChI is InChI=1S/C22H32N2O3/c1-6-12-22(5,27-14-7-2)21(25)24-18-10-11-19(26-15-16(3)4)20-17(18)9-8-13-23-20/h8-11,13,16H,6-7,12,14-15H2,1-5H3,(H,24,25)/t22-/m1/s1. The summed E-state index contributed by atoms with van der Waals surface area (Å²) in [5.74, 6) is 1.03. The molecule has 0 saturated heterocycles. The second-order valence-electron chi connectivity index (χ2n) is 7.50. The van der Waals surface area contributed by atoms with Crippen LogP contribution in [0, 0.1) is 5.92 Å². The van der Waals surface area contributed by atoms with E-state index in [1.54, 1.807) is 6.20 Å². The van der Waals surface area contributed by atoms with Gasteiger partial charge in [0.1, 0.15) is 16.9 Å². The Labute approximate surface area is 162 Å². The zero-order chi connectivity index (χ0) is 19.9. The van der Waals surface area contributed by atoms with E-state index in [4.69, 9.17) is 9.47 Å². The van der Waals surface area contributed by atoms with Gasteiger partial charge in [-0.15, -0.1) is 0 Å². The number of pyridine rings is 1. The number of amides is 1. The van der Waals surface area contributed by atoms with Crippen molar-refractivity contribution in [2.45, 2.75) is 59.5 Å². The zero-order valence-corrected chi connectivity index (χ0v) is 17.2. The number of fused-ring (bicyclic) bond motifs is 1. The van der Waals surface area contributed by atoms with Crippen LogP contribution >= 0.6 is 0 Å². The van der Waals surface area contributed by atoms with Crippen LogP contribution in [0.2, 0.25) is 0 Å². The van der Waals surface area contributed by atoms with E-state index in [-0.39, 0.29) is 5.91 Å². The predicted octanol–water partition coefficient (Wildman–Crippen LogP) is 5.19. The van der Waals surface area contributed by atoms with Gasteiger partial charge in [0.05, 0.1) is 12.3 Å². The van der Waals surface area contributed by atoms with E-state index in [1.165, 1.54) is 0 Å². The Morgan fingerprint density at radius 1 is 1.22 bits per heavy atom. The van der Waals surface area contributed by atoms with Crippen LogP contribution in [0.25, 0.3) is 10.9 Å². The van der Waals surface area contributed by atoms with Crippen molar-refractivity contribution in [2.75, 3.05) is 18.5 Å². The van der Waals surface area contributed by atoms with Crippen LogP contribution in [-0.4, -0.2) is 29.7 Å². The molecule has 0 aliphatic heterocycles. The van der Waals surface area contributed by atoms with Gasteiger partial charge in [-0.3, -0.25) is 9.78 Å². The fourth-order valence-electron chi connectivity index (χ4n) is 2.94. The molecule has 0 spiro atoms. The quantitative estimate of drug-likeness (QED) is 0.623. The van der Waals surface area contributed by atoms with Crippen LogP contribution in [0.1, 0.15) is 53.9 Å². The monoisotopic (exact) mass is 372 g/mol. The third-order valence-corrected chi connectivity index (χ3v) is 4.39. The molecule has 0 unspecified atom stereocenters. The molecule has 27 heavy (non-hydrogen) atoms. The summed E-state index contributed by atoms with van der Waals surface area (Å²) in [7, 11) is 0. The number of nitrogens with zero attached hydrogens (tertiary/aromatic N) is 1. The Morgan fingerprint density at radius 3 is 2.67 bits per heavy atom. The SMILES string of the molecule is CCCO[C@](C)(CCC)C(=O)Nc1ccc(OCC(C)C)c2ncccc12. The van der Waals surface area contributed by atoms with Crippen molar-refractivity contribution < 1.29 is 14.3 Å². The summed E-state index contributed by atoms with van der Waals surface area (Å²) >= 11 is 0. The van der Waals surface area contributed by atoms with Gasteiger partial charge in [-0.1, -0.05) is 34.1 Å². The third kappa shape index (κ3) is 5.42. The Balaban J connectivity index is 2.30. The zero-order valence-electron chi connectivity index (χ0n) is 17.2. The van der Waals surface area contributed by atoms with E-state index in [1.807, 2.05) is 38.1 Å². The molecule has 5 nitrogen and oxygen atoms in total. The van der Waals surface area contributed by atoms with E-state index in [9.17, 15) is 4.79 Å². The Hall–Kier alpha value is -2.14. The van der Waals surface area contributed by atoms with Gasteiger partial charge in [0, 0.05) is 18.2 Å². The van der Waals surface area contributed by atoms with Gasteiger partial charge in [-0.05, 0) is 49.9 Å². The first kappa shape index (κ1) is 21.2. The van der Waals surface area contributed by atoms with E-state index >= 15 is 0 Å². The second kappa shape index (κ2) is 9.70. The summed E-state index contributed by atoms with van der Waals surface area (Å²) in [5, 5.41) is 3.91. The molecular weight excluding hydrogens is 340 g/mol. The van der Waals surface area contributed by atoms with Crippen molar-refractivity contribution in [1.29, 1.82) is 0 Å². The molecule has 1 aromatic carbocycles. The van der Waals surface area contributed by atoms with Gasteiger partial charge in [0.25, 0.3) is 5.91 Å². The summed E-state index contributed by atoms with van der Waals surface area (Å²) in [6.07, 6.45) is 4.16. The fraction of sp³-hybridized carbons (Fsp3) is 0.545. The molecular formula is C22H32N2O3. The van der Waals surface area contributed by atoms with Crippen molar-refractivity contribution in [2.24, 2.45) is 5.92 Å². The van der Waals surface area contributed by atoms with Crippen molar-refractivity contribution in [3.05, 3.63) is 30.5 Å². The summed E-state index contributed by atoms with van der Waals surface area (Å²) in [6, 6.07) is 7.56. The number of carbonyl (C=O) groups is 1. The molecule has 148 valence electrons. The van der Waals surface area contributed by atoms with E-state index in [0.717, 1.165) is 35.2 Å². The molecule has 0 fully saturated rings. The number of benzene rings is 1. The van der Waals surface area contributed by atoms with Gasteiger partial charge in [0.2, 0.25) is 0 Å². The van der Waals surface area contributed by atoms with Crippen molar-refractivity contribution in [1.82, 2.24) is 4.98 Å². The minimum atomic E-state index is -0.841. The van der Waals surface area contributed by atoms with Crippen LogP contribution < -0.4 is 10.1 Å². The molecule has 1 aromatic heterocycles. The van der Waals surface area contributed by atoms with E-state index < -0.39 is 5.60 Å². The van der Waals surface area contributed by atoms with Crippen LogP contribution in [0.5, 0.6) is 5.75 Å². The number of aromatic nitrogens is 1. The third-order valence-electron chi connectivity index (χ3n) is 4.39. The van der Waals surface area contributed by atoms with Crippen LogP contribution in [0.4, 0.5) is 5.69 Å². The highest BCUT2D eigenvalue weighted by molar-refractivity contribution is 6.05. The highest BCUT2D eigenvalue weighted by Crippen LogP contribution is 2.31. The van der Waals surface area contributed by atoms with Crippen molar-refractivity contribution >= 4 is 22.5 Å². The lowest BCUT2D eigenvalue weighted by Crippen LogP contribution is -2.43. The highest BCUT2D eigenvalue weighted by atomic mass is 16.5. The highest BCUT2D eigenvalue weighted by Gasteiger charge is 2.33. The van der Waals surface area contributed by atoms with E-state index in [0.29, 0.717) is 25.6 Å². The first-order valence-electron chi connectivity index (χ1n) is 9.87. The normalized spacial score (nSPS) is 13.6. The Kier molecular flexibility index (Phi) is 7.60. The summed E-state index contributed by atoms with van der Waals surface area (Å²) in [6.45, 7) is 11.4. The largest absolute Gasteiger partial charge is 0.491 e. The molecule has 0 radical (unpaired) electrons. The Bertz CT molecular complexity index is 760.